The molecule has 1 heterocycles. The van der Waals surface area contributed by atoms with Gasteiger partial charge >= 0.3 is 0 Å². The van der Waals surface area contributed by atoms with Gasteiger partial charge in [0.25, 0.3) is 0 Å². The number of halogens is 2. The Hall–Kier alpha value is -1.60. The van der Waals surface area contributed by atoms with Crippen LogP contribution in [0.1, 0.15) is 16.8 Å². The minimum atomic E-state index is -0.428. The molecule has 0 unspecified atom stereocenters. The third kappa shape index (κ3) is 3.10. The molecule has 0 saturated carbocycles. The molecular weight excluding hydrogens is 345 g/mol. The first-order chi connectivity index (χ1) is 9.38. The molecule has 20 heavy (non-hydrogen) atoms. The second-order valence-corrected chi connectivity index (χ2v) is 5.52. The first-order valence-electron chi connectivity index (χ1n) is 5.66. The summed E-state index contributed by atoms with van der Waals surface area (Å²) in [6.07, 6.45) is 0. The summed E-state index contributed by atoms with van der Waals surface area (Å²) in [5.74, 6) is 0.0214. The quantitative estimate of drug-likeness (QED) is 0.854. The summed E-state index contributed by atoms with van der Waals surface area (Å²) in [6.45, 7) is 3.62. The highest BCUT2D eigenvalue weighted by atomic mass is 79.9. The summed E-state index contributed by atoms with van der Waals surface area (Å²) in [5.41, 5.74) is 7.70. The van der Waals surface area contributed by atoms with Gasteiger partial charge in [0, 0.05) is 10.5 Å². The number of rotatable bonds is 3. The molecule has 7 heteroatoms. The minimum Gasteiger partial charge on any atom is -0.437 e. The molecular formula is C13H11BrFN3OS. The zero-order valence-corrected chi connectivity index (χ0v) is 13.2. The van der Waals surface area contributed by atoms with E-state index < -0.39 is 5.82 Å². The highest BCUT2D eigenvalue weighted by molar-refractivity contribution is 9.10. The Bertz CT molecular complexity index is 673. The topological polar surface area (TPSA) is 61.0 Å². The van der Waals surface area contributed by atoms with Crippen molar-refractivity contribution in [2.24, 2.45) is 5.73 Å². The molecule has 2 rings (SSSR count). The van der Waals surface area contributed by atoms with Crippen LogP contribution in [0.5, 0.6) is 11.6 Å². The van der Waals surface area contributed by atoms with E-state index in [4.69, 9.17) is 22.7 Å². The van der Waals surface area contributed by atoms with Gasteiger partial charge in [0.15, 0.2) is 0 Å². The van der Waals surface area contributed by atoms with E-state index in [0.29, 0.717) is 15.7 Å². The Morgan fingerprint density at radius 1 is 1.30 bits per heavy atom. The molecule has 0 aliphatic carbocycles. The number of nitrogens with two attached hydrogens (primary N) is 1. The van der Waals surface area contributed by atoms with Gasteiger partial charge in [0.1, 0.15) is 16.6 Å². The third-order valence-electron chi connectivity index (χ3n) is 2.72. The van der Waals surface area contributed by atoms with E-state index in [1.807, 2.05) is 6.92 Å². The summed E-state index contributed by atoms with van der Waals surface area (Å²) in [4.78, 5) is 0.158. The lowest BCUT2D eigenvalue weighted by Gasteiger charge is -2.12. The van der Waals surface area contributed by atoms with Crippen molar-refractivity contribution >= 4 is 33.1 Å². The molecule has 0 spiro atoms. The molecule has 0 bridgehead atoms. The molecule has 1 aromatic carbocycles. The lowest BCUT2D eigenvalue weighted by molar-refractivity contribution is 0.448. The lowest BCUT2D eigenvalue weighted by Crippen LogP contribution is -2.15. The van der Waals surface area contributed by atoms with Gasteiger partial charge in [-0.3, -0.25) is 0 Å². The fraction of sp³-hybridized carbons (Fsp3) is 0.154. The molecule has 0 aliphatic rings. The molecule has 0 radical (unpaired) electrons. The molecule has 0 saturated heterocycles. The standard InChI is InChI=1S/C13H11BrFN3OS/c1-6-7(2)17-18-13(11(6)12(16)20)19-10-4-8(14)3-9(15)5-10/h3-5H,1-2H3,(H2,16,20). The van der Waals surface area contributed by atoms with Crippen LogP contribution in [-0.4, -0.2) is 15.2 Å². The number of ether oxygens (including phenoxy) is 1. The molecule has 1 aromatic heterocycles. The average Bonchev–Trinajstić information content (AvgIpc) is 2.32. The zero-order valence-electron chi connectivity index (χ0n) is 10.8. The van der Waals surface area contributed by atoms with Crippen LogP contribution in [0.25, 0.3) is 0 Å². The van der Waals surface area contributed by atoms with E-state index in [-0.39, 0.29) is 16.6 Å². The average molecular weight is 356 g/mol. The third-order valence-corrected chi connectivity index (χ3v) is 3.38. The molecule has 4 nitrogen and oxygen atoms in total. The van der Waals surface area contributed by atoms with Gasteiger partial charge in [-0.1, -0.05) is 28.1 Å². The van der Waals surface area contributed by atoms with Crippen molar-refractivity contribution in [1.29, 1.82) is 0 Å². The van der Waals surface area contributed by atoms with Gasteiger partial charge < -0.3 is 10.5 Å². The summed E-state index contributed by atoms with van der Waals surface area (Å²) in [6, 6.07) is 4.18. The van der Waals surface area contributed by atoms with Gasteiger partial charge in [0.2, 0.25) is 5.88 Å². The predicted octanol–water partition coefficient (Wildman–Crippen LogP) is 3.42. The monoisotopic (exact) mass is 355 g/mol. The van der Waals surface area contributed by atoms with Crippen molar-refractivity contribution in [1.82, 2.24) is 10.2 Å². The molecule has 2 aromatic rings. The van der Waals surface area contributed by atoms with Gasteiger partial charge in [0.05, 0.1) is 11.3 Å². The normalized spacial score (nSPS) is 10.4. The molecule has 104 valence electrons. The maximum Gasteiger partial charge on any atom is 0.249 e. The highest BCUT2D eigenvalue weighted by Gasteiger charge is 2.16. The van der Waals surface area contributed by atoms with Crippen LogP contribution in [0.2, 0.25) is 0 Å². The number of aromatic nitrogens is 2. The number of aryl methyl sites for hydroxylation is 1. The van der Waals surface area contributed by atoms with Gasteiger partial charge in [-0.2, -0.15) is 5.10 Å². The number of benzene rings is 1. The van der Waals surface area contributed by atoms with Gasteiger partial charge in [-0.15, -0.1) is 5.10 Å². The Morgan fingerprint density at radius 2 is 2.00 bits per heavy atom. The van der Waals surface area contributed by atoms with Crippen molar-refractivity contribution in [3.8, 4) is 11.6 Å². The SMILES string of the molecule is Cc1nnc(Oc2cc(F)cc(Br)c2)c(C(N)=S)c1C. The summed E-state index contributed by atoms with van der Waals surface area (Å²) in [7, 11) is 0. The van der Waals surface area contributed by atoms with E-state index in [9.17, 15) is 4.39 Å². The van der Waals surface area contributed by atoms with E-state index in [1.54, 1.807) is 13.0 Å². The number of nitrogens with zero attached hydrogens (tertiary/aromatic N) is 2. The van der Waals surface area contributed by atoms with Crippen LogP contribution in [0.4, 0.5) is 4.39 Å². The van der Waals surface area contributed by atoms with Crippen LogP contribution >= 0.6 is 28.1 Å². The lowest BCUT2D eigenvalue weighted by atomic mass is 10.1. The summed E-state index contributed by atoms with van der Waals surface area (Å²) in [5, 5.41) is 7.90. The van der Waals surface area contributed by atoms with Crippen LogP contribution in [0, 0.1) is 19.7 Å². The van der Waals surface area contributed by atoms with E-state index in [2.05, 4.69) is 26.1 Å². The van der Waals surface area contributed by atoms with Crippen molar-refractivity contribution in [3.05, 3.63) is 45.3 Å². The van der Waals surface area contributed by atoms with Crippen LogP contribution in [0.15, 0.2) is 22.7 Å². The molecule has 0 aliphatic heterocycles. The van der Waals surface area contributed by atoms with Gasteiger partial charge in [-0.05, 0) is 31.5 Å². The second-order valence-electron chi connectivity index (χ2n) is 4.16. The maximum atomic E-state index is 13.3. The summed E-state index contributed by atoms with van der Waals surface area (Å²) < 4.78 is 19.5. The van der Waals surface area contributed by atoms with Crippen LogP contribution in [0.3, 0.4) is 0 Å². The van der Waals surface area contributed by atoms with E-state index >= 15 is 0 Å². The van der Waals surface area contributed by atoms with E-state index in [0.717, 1.165) is 5.56 Å². The fourth-order valence-corrected chi connectivity index (χ4v) is 2.33. The molecule has 0 amide bonds. The Morgan fingerprint density at radius 3 is 2.60 bits per heavy atom. The highest BCUT2D eigenvalue weighted by Crippen LogP contribution is 2.28. The van der Waals surface area contributed by atoms with E-state index in [1.165, 1.54) is 12.1 Å². The number of thiocarbonyl (C=S) groups is 1. The van der Waals surface area contributed by atoms with Crippen LogP contribution < -0.4 is 10.5 Å². The first-order valence-corrected chi connectivity index (χ1v) is 6.86. The van der Waals surface area contributed by atoms with Crippen molar-refractivity contribution in [2.75, 3.05) is 0 Å². The molecule has 0 fully saturated rings. The van der Waals surface area contributed by atoms with Crippen molar-refractivity contribution < 1.29 is 9.13 Å². The molecule has 2 N–H and O–H groups in total. The van der Waals surface area contributed by atoms with Gasteiger partial charge in [-0.25, -0.2) is 4.39 Å². The summed E-state index contributed by atoms with van der Waals surface area (Å²) >= 11 is 8.20. The maximum absolute atomic E-state index is 13.3. The molecule has 0 atom stereocenters. The largest absolute Gasteiger partial charge is 0.437 e. The van der Waals surface area contributed by atoms with Crippen LogP contribution in [-0.2, 0) is 0 Å². The number of hydrogen-bond donors (Lipinski definition) is 1. The second kappa shape index (κ2) is 5.80. The first kappa shape index (κ1) is 14.8. The Labute approximate surface area is 129 Å². The minimum absolute atomic E-state index is 0.158. The number of hydrogen-bond acceptors (Lipinski definition) is 4. The Kier molecular flexibility index (Phi) is 4.29. The Balaban J connectivity index is 2.48. The van der Waals surface area contributed by atoms with Crippen molar-refractivity contribution in [3.63, 3.8) is 0 Å². The fourth-order valence-electron chi connectivity index (χ4n) is 1.65. The van der Waals surface area contributed by atoms with Crippen molar-refractivity contribution in [2.45, 2.75) is 13.8 Å². The zero-order chi connectivity index (χ0) is 14.9. The smallest absolute Gasteiger partial charge is 0.249 e. The predicted molar refractivity (Wildman–Crippen MR) is 81.6 cm³/mol.